The van der Waals surface area contributed by atoms with Gasteiger partial charge in [-0.15, -0.1) is 0 Å². The molecule has 0 saturated heterocycles. The maximum atomic E-state index is 11.9. The monoisotopic (exact) mass is 473 g/mol. The van der Waals surface area contributed by atoms with Gasteiger partial charge in [0, 0.05) is 22.8 Å². The molecule has 184 valence electrons. The van der Waals surface area contributed by atoms with E-state index in [4.69, 9.17) is 14.2 Å². The SMILES string of the molecule is COC(=O)c1ccccc1OCCCCCCCn1c2ccc(OC)cc2c2c(C)ccc(C)c21. The van der Waals surface area contributed by atoms with Crippen LogP contribution in [0.4, 0.5) is 0 Å². The van der Waals surface area contributed by atoms with E-state index in [9.17, 15) is 4.79 Å². The quantitative estimate of drug-likeness (QED) is 0.170. The van der Waals surface area contributed by atoms with Crippen molar-refractivity contribution >= 4 is 27.8 Å². The molecule has 4 aromatic rings. The Bertz CT molecular complexity index is 1320. The number of carbonyl (C=O) groups excluding carboxylic acids is 1. The maximum Gasteiger partial charge on any atom is 0.341 e. The van der Waals surface area contributed by atoms with Gasteiger partial charge in [0.15, 0.2) is 0 Å². The lowest BCUT2D eigenvalue weighted by Crippen LogP contribution is -2.06. The van der Waals surface area contributed by atoms with Crippen LogP contribution in [-0.4, -0.2) is 31.4 Å². The van der Waals surface area contributed by atoms with Crippen molar-refractivity contribution in [1.82, 2.24) is 4.57 Å². The number of para-hydroxylation sites is 1. The molecule has 0 N–H and O–H groups in total. The van der Waals surface area contributed by atoms with Crippen LogP contribution < -0.4 is 9.47 Å². The Labute approximate surface area is 207 Å². The van der Waals surface area contributed by atoms with Crippen molar-refractivity contribution in [2.45, 2.75) is 52.5 Å². The Morgan fingerprint density at radius 3 is 2.40 bits per heavy atom. The molecule has 1 aromatic heterocycles. The van der Waals surface area contributed by atoms with E-state index >= 15 is 0 Å². The van der Waals surface area contributed by atoms with Gasteiger partial charge in [-0.2, -0.15) is 0 Å². The minimum Gasteiger partial charge on any atom is -0.497 e. The molecular weight excluding hydrogens is 438 g/mol. The van der Waals surface area contributed by atoms with Crippen LogP contribution in [0, 0.1) is 13.8 Å². The van der Waals surface area contributed by atoms with Gasteiger partial charge in [-0.3, -0.25) is 0 Å². The van der Waals surface area contributed by atoms with E-state index in [0.717, 1.165) is 38.0 Å². The molecular formula is C30H35NO4. The summed E-state index contributed by atoms with van der Waals surface area (Å²) in [6.07, 6.45) is 5.52. The molecule has 0 unspecified atom stereocenters. The summed E-state index contributed by atoms with van der Waals surface area (Å²) in [4.78, 5) is 11.9. The highest BCUT2D eigenvalue weighted by Gasteiger charge is 2.15. The number of aryl methyl sites for hydroxylation is 3. The number of unbranched alkanes of at least 4 members (excludes halogenated alkanes) is 4. The van der Waals surface area contributed by atoms with Gasteiger partial charge in [0.05, 0.1) is 26.3 Å². The molecule has 0 aliphatic heterocycles. The summed E-state index contributed by atoms with van der Waals surface area (Å²) in [7, 11) is 3.11. The van der Waals surface area contributed by atoms with E-state index in [1.165, 1.54) is 46.5 Å². The molecule has 5 heteroatoms. The van der Waals surface area contributed by atoms with Crippen LogP contribution in [0.5, 0.6) is 11.5 Å². The molecule has 0 bridgehead atoms. The van der Waals surface area contributed by atoms with Crippen molar-refractivity contribution in [3.05, 3.63) is 71.3 Å². The van der Waals surface area contributed by atoms with Crippen molar-refractivity contribution in [1.29, 1.82) is 0 Å². The van der Waals surface area contributed by atoms with Gasteiger partial charge in [-0.25, -0.2) is 4.79 Å². The van der Waals surface area contributed by atoms with Crippen molar-refractivity contribution in [2.75, 3.05) is 20.8 Å². The highest BCUT2D eigenvalue weighted by Crippen LogP contribution is 2.35. The average molecular weight is 474 g/mol. The average Bonchev–Trinajstić information content (AvgIpc) is 3.22. The van der Waals surface area contributed by atoms with E-state index < -0.39 is 0 Å². The number of ether oxygens (including phenoxy) is 3. The highest BCUT2D eigenvalue weighted by molar-refractivity contribution is 6.11. The standard InChI is InChI=1S/C30H35NO4/c1-21-14-15-22(2)29-28(21)25-20-23(33-3)16-17-26(25)31(29)18-10-6-5-7-11-19-35-27-13-9-8-12-24(27)30(32)34-4/h8-9,12-17,20H,5-7,10-11,18-19H2,1-4H3. The first-order chi connectivity index (χ1) is 17.0. The zero-order chi connectivity index (χ0) is 24.8. The van der Waals surface area contributed by atoms with Crippen LogP contribution in [0.15, 0.2) is 54.6 Å². The van der Waals surface area contributed by atoms with Gasteiger partial charge in [0.1, 0.15) is 17.1 Å². The number of hydrogen-bond donors (Lipinski definition) is 0. The first kappa shape index (κ1) is 24.6. The number of carbonyl (C=O) groups is 1. The van der Waals surface area contributed by atoms with E-state index in [2.05, 4.69) is 48.7 Å². The smallest absolute Gasteiger partial charge is 0.341 e. The fourth-order valence-electron chi connectivity index (χ4n) is 4.87. The summed E-state index contributed by atoms with van der Waals surface area (Å²) in [6.45, 7) is 5.99. The molecule has 0 radical (unpaired) electrons. The second-order valence-corrected chi connectivity index (χ2v) is 9.06. The molecule has 5 nitrogen and oxygen atoms in total. The van der Waals surface area contributed by atoms with Crippen LogP contribution in [-0.2, 0) is 11.3 Å². The minimum atomic E-state index is -0.366. The van der Waals surface area contributed by atoms with Gasteiger partial charge >= 0.3 is 5.97 Å². The van der Waals surface area contributed by atoms with Gasteiger partial charge in [0.2, 0.25) is 0 Å². The first-order valence-corrected chi connectivity index (χ1v) is 12.4. The zero-order valence-electron chi connectivity index (χ0n) is 21.2. The number of aromatic nitrogens is 1. The number of methoxy groups -OCH3 is 2. The minimum absolute atomic E-state index is 0.366. The van der Waals surface area contributed by atoms with Crippen molar-refractivity contribution in [3.8, 4) is 11.5 Å². The predicted molar refractivity (Wildman–Crippen MR) is 142 cm³/mol. The predicted octanol–water partition coefficient (Wildman–Crippen LogP) is 7.24. The van der Waals surface area contributed by atoms with E-state index in [1.807, 2.05) is 18.2 Å². The Morgan fingerprint density at radius 2 is 1.60 bits per heavy atom. The van der Waals surface area contributed by atoms with Crippen LogP contribution in [0.25, 0.3) is 21.8 Å². The molecule has 0 saturated carbocycles. The molecule has 1 heterocycles. The summed E-state index contributed by atoms with van der Waals surface area (Å²) < 4.78 is 18.7. The highest BCUT2D eigenvalue weighted by atomic mass is 16.5. The number of rotatable bonds is 11. The fraction of sp³-hybridized carbons (Fsp3) is 0.367. The molecule has 4 rings (SSSR count). The third kappa shape index (κ3) is 5.29. The normalized spacial score (nSPS) is 11.2. The summed E-state index contributed by atoms with van der Waals surface area (Å²) >= 11 is 0. The van der Waals surface area contributed by atoms with Gasteiger partial charge in [-0.05, 0) is 68.1 Å². The topological polar surface area (TPSA) is 49.7 Å². The molecule has 3 aromatic carbocycles. The summed E-state index contributed by atoms with van der Waals surface area (Å²) in [5.41, 5.74) is 5.70. The van der Waals surface area contributed by atoms with Gasteiger partial charge in [-0.1, -0.05) is 43.5 Å². The van der Waals surface area contributed by atoms with Crippen molar-refractivity contribution in [3.63, 3.8) is 0 Å². The molecule has 0 fully saturated rings. The third-order valence-corrected chi connectivity index (χ3v) is 6.70. The van der Waals surface area contributed by atoms with E-state index in [1.54, 1.807) is 13.2 Å². The largest absolute Gasteiger partial charge is 0.497 e. The zero-order valence-corrected chi connectivity index (χ0v) is 21.2. The Kier molecular flexibility index (Phi) is 7.96. The summed E-state index contributed by atoms with van der Waals surface area (Å²) in [6, 6.07) is 18.1. The van der Waals surface area contributed by atoms with Crippen molar-refractivity contribution in [2.24, 2.45) is 0 Å². The summed E-state index contributed by atoms with van der Waals surface area (Å²) in [5.74, 6) is 1.12. The Morgan fingerprint density at radius 1 is 0.857 bits per heavy atom. The van der Waals surface area contributed by atoms with E-state index in [-0.39, 0.29) is 5.97 Å². The Hall–Kier alpha value is -3.47. The third-order valence-electron chi connectivity index (χ3n) is 6.70. The van der Waals surface area contributed by atoms with Crippen LogP contribution in [0.3, 0.4) is 0 Å². The lowest BCUT2D eigenvalue weighted by atomic mass is 10.0. The van der Waals surface area contributed by atoms with Gasteiger partial charge < -0.3 is 18.8 Å². The fourth-order valence-corrected chi connectivity index (χ4v) is 4.87. The molecule has 0 spiro atoms. The number of nitrogens with zero attached hydrogens (tertiary/aromatic N) is 1. The number of hydrogen-bond acceptors (Lipinski definition) is 4. The second kappa shape index (κ2) is 11.3. The second-order valence-electron chi connectivity index (χ2n) is 9.06. The number of esters is 1. The van der Waals surface area contributed by atoms with Crippen LogP contribution >= 0.6 is 0 Å². The molecule has 0 amide bonds. The van der Waals surface area contributed by atoms with Crippen molar-refractivity contribution < 1.29 is 19.0 Å². The van der Waals surface area contributed by atoms with Gasteiger partial charge in [0.25, 0.3) is 0 Å². The molecule has 0 aliphatic rings. The van der Waals surface area contributed by atoms with E-state index in [0.29, 0.717) is 17.9 Å². The lowest BCUT2D eigenvalue weighted by Gasteiger charge is -2.11. The summed E-state index contributed by atoms with van der Waals surface area (Å²) in [5, 5.41) is 2.60. The lowest BCUT2D eigenvalue weighted by molar-refractivity contribution is 0.0596. The number of benzene rings is 3. The van der Waals surface area contributed by atoms with Crippen LogP contribution in [0.2, 0.25) is 0 Å². The molecule has 0 atom stereocenters. The van der Waals surface area contributed by atoms with Crippen LogP contribution in [0.1, 0.15) is 53.6 Å². The number of fused-ring (bicyclic) bond motifs is 3. The maximum absolute atomic E-state index is 11.9. The Balaban J connectivity index is 1.32. The molecule has 35 heavy (non-hydrogen) atoms. The molecule has 0 aliphatic carbocycles. The first-order valence-electron chi connectivity index (χ1n) is 12.4.